The molecule has 0 aliphatic carbocycles. The summed E-state index contributed by atoms with van der Waals surface area (Å²) in [4.78, 5) is 0. The Morgan fingerprint density at radius 1 is 0.739 bits per heavy atom. The number of hydrogen-bond acceptors (Lipinski definition) is 0. The van der Waals surface area contributed by atoms with Crippen LogP contribution in [0.4, 0.5) is 0 Å². The van der Waals surface area contributed by atoms with Crippen LogP contribution in [0.25, 0.3) is 10.8 Å². The number of rotatable bonds is 11. The summed E-state index contributed by atoms with van der Waals surface area (Å²) in [5.41, 5.74) is 1.37. The summed E-state index contributed by atoms with van der Waals surface area (Å²) in [6, 6.07) is 11.0. The Morgan fingerprint density at radius 3 is 1.96 bits per heavy atom. The zero-order valence-electron chi connectivity index (χ0n) is 15.2. The smallest absolute Gasteiger partial charge is 0.178 e. The van der Waals surface area contributed by atoms with Gasteiger partial charge in [0.2, 0.25) is 0 Å². The Bertz CT molecular complexity index is 573. The number of aryl methyl sites for hydroxylation is 2. The number of hydrogen-bond donors (Lipinski definition) is 0. The highest BCUT2D eigenvalue weighted by Gasteiger charge is 2.07. The predicted octanol–water partition coefficient (Wildman–Crippen LogP) is 6.36. The average molecular weight is 313 g/mol. The number of fused-ring (bicyclic) bond motifs is 1. The Balaban J connectivity index is 1.62. The molecular weight excluding hydrogens is 278 g/mol. The first kappa shape index (κ1) is 18.0. The third kappa shape index (κ3) is 6.33. The van der Waals surface area contributed by atoms with E-state index < -0.39 is 0 Å². The van der Waals surface area contributed by atoms with Gasteiger partial charge in [-0.2, -0.15) is 0 Å². The third-order valence-electron chi connectivity index (χ3n) is 4.86. The van der Waals surface area contributed by atoms with E-state index in [0.717, 1.165) is 6.54 Å². The lowest BCUT2D eigenvalue weighted by Gasteiger charge is -2.04. The second-order valence-electron chi connectivity index (χ2n) is 6.92. The summed E-state index contributed by atoms with van der Waals surface area (Å²) < 4.78 is 2.42. The maximum atomic E-state index is 2.42. The molecule has 1 heterocycles. The molecule has 1 aromatic heterocycles. The first-order valence-corrected chi connectivity index (χ1v) is 9.70. The van der Waals surface area contributed by atoms with Crippen molar-refractivity contribution in [2.75, 3.05) is 0 Å². The zero-order chi connectivity index (χ0) is 16.3. The van der Waals surface area contributed by atoms with Crippen LogP contribution in [0.15, 0.2) is 36.5 Å². The number of unbranched alkanes of at least 4 members (excludes halogenated alkanes) is 9. The minimum atomic E-state index is 1.16. The summed E-state index contributed by atoms with van der Waals surface area (Å²) in [5.74, 6) is 0. The van der Waals surface area contributed by atoms with Gasteiger partial charge in [-0.15, -0.1) is 0 Å². The fraction of sp³-hybridized carbons (Fsp3) is 0.591. The standard InChI is InChI=1S/C22H34N/c1-3-4-5-6-7-8-9-10-11-14-17-23-19-22-16-13-12-15-21(22)18-20(23)2/h12-13,15-16,18-19H,3-11,14,17H2,1-2H3/q+1. The fourth-order valence-corrected chi connectivity index (χ4v) is 3.35. The number of benzene rings is 1. The molecule has 1 nitrogen and oxygen atoms in total. The molecule has 0 aliphatic rings. The Morgan fingerprint density at radius 2 is 1.30 bits per heavy atom. The highest BCUT2D eigenvalue weighted by molar-refractivity contribution is 5.80. The first-order chi connectivity index (χ1) is 11.3. The van der Waals surface area contributed by atoms with Gasteiger partial charge in [0, 0.05) is 24.8 Å². The van der Waals surface area contributed by atoms with Crippen molar-refractivity contribution >= 4 is 10.8 Å². The lowest BCUT2D eigenvalue weighted by atomic mass is 10.1. The number of nitrogens with zero attached hydrogens (tertiary/aromatic N) is 1. The number of pyridine rings is 1. The van der Waals surface area contributed by atoms with E-state index in [1.54, 1.807) is 0 Å². The van der Waals surface area contributed by atoms with Crippen molar-refractivity contribution in [3.63, 3.8) is 0 Å². The van der Waals surface area contributed by atoms with Crippen molar-refractivity contribution in [3.8, 4) is 0 Å². The van der Waals surface area contributed by atoms with Gasteiger partial charge in [0.05, 0.1) is 0 Å². The quantitative estimate of drug-likeness (QED) is 0.336. The van der Waals surface area contributed by atoms with E-state index in [4.69, 9.17) is 0 Å². The van der Waals surface area contributed by atoms with Crippen LogP contribution >= 0.6 is 0 Å². The zero-order valence-corrected chi connectivity index (χ0v) is 15.2. The maximum absolute atomic E-state index is 2.42. The predicted molar refractivity (Wildman–Crippen MR) is 101 cm³/mol. The van der Waals surface area contributed by atoms with Crippen LogP contribution in [0.2, 0.25) is 0 Å². The molecule has 0 bridgehead atoms. The molecule has 126 valence electrons. The Labute approximate surface area is 142 Å². The van der Waals surface area contributed by atoms with Crippen LogP contribution in [0, 0.1) is 6.92 Å². The monoisotopic (exact) mass is 312 g/mol. The second-order valence-corrected chi connectivity index (χ2v) is 6.92. The SMILES string of the molecule is CCCCCCCCCCCC[n+]1cc2ccccc2cc1C. The summed E-state index contributed by atoms with van der Waals surface area (Å²) in [6.45, 7) is 5.67. The minimum absolute atomic E-state index is 1.16. The average Bonchev–Trinajstić information content (AvgIpc) is 2.57. The summed E-state index contributed by atoms with van der Waals surface area (Å²) in [6.07, 6.45) is 16.4. The summed E-state index contributed by atoms with van der Waals surface area (Å²) in [7, 11) is 0. The van der Waals surface area contributed by atoms with E-state index in [0.29, 0.717) is 0 Å². The Kier molecular flexibility index (Phi) is 8.14. The van der Waals surface area contributed by atoms with E-state index >= 15 is 0 Å². The van der Waals surface area contributed by atoms with Gasteiger partial charge in [0.1, 0.15) is 6.54 Å². The molecule has 1 heteroatoms. The summed E-state index contributed by atoms with van der Waals surface area (Å²) in [5, 5.41) is 2.70. The molecular formula is C22H34N+. The lowest BCUT2D eigenvalue weighted by molar-refractivity contribution is -0.701. The molecule has 0 amide bonds. The van der Waals surface area contributed by atoms with E-state index in [-0.39, 0.29) is 0 Å². The molecule has 23 heavy (non-hydrogen) atoms. The highest BCUT2D eigenvalue weighted by Crippen LogP contribution is 2.13. The van der Waals surface area contributed by atoms with Gasteiger partial charge >= 0.3 is 0 Å². The fourth-order valence-electron chi connectivity index (χ4n) is 3.35. The van der Waals surface area contributed by atoms with Crippen molar-refractivity contribution in [2.24, 2.45) is 0 Å². The molecule has 0 fully saturated rings. The highest BCUT2D eigenvalue weighted by atomic mass is 14.9. The van der Waals surface area contributed by atoms with Gasteiger partial charge in [0.15, 0.2) is 11.9 Å². The van der Waals surface area contributed by atoms with Crippen LogP contribution in [-0.2, 0) is 6.54 Å². The second kappa shape index (κ2) is 10.4. The molecule has 0 aliphatic heterocycles. The topological polar surface area (TPSA) is 3.88 Å². The Hall–Kier alpha value is -1.37. The van der Waals surface area contributed by atoms with E-state index in [1.807, 2.05) is 0 Å². The summed E-state index contributed by atoms with van der Waals surface area (Å²) >= 11 is 0. The molecule has 0 radical (unpaired) electrons. The lowest BCUT2D eigenvalue weighted by Crippen LogP contribution is -2.36. The molecule has 0 saturated carbocycles. The van der Waals surface area contributed by atoms with Gasteiger partial charge < -0.3 is 0 Å². The molecule has 0 unspecified atom stereocenters. The minimum Gasteiger partial charge on any atom is -0.202 e. The molecule has 0 N–H and O–H groups in total. The van der Waals surface area contributed by atoms with Crippen molar-refractivity contribution in [1.82, 2.24) is 0 Å². The van der Waals surface area contributed by atoms with Crippen molar-refractivity contribution < 1.29 is 4.57 Å². The molecule has 2 aromatic rings. The first-order valence-electron chi connectivity index (χ1n) is 9.70. The molecule has 1 aromatic carbocycles. The van der Waals surface area contributed by atoms with Gasteiger partial charge in [-0.1, -0.05) is 76.5 Å². The van der Waals surface area contributed by atoms with Crippen molar-refractivity contribution in [2.45, 2.75) is 84.6 Å². The van der Waals surface area contributed by atoms with E-state index in [9.17, 15) is 0 Å². The van der Waals surface area contributed by atoms with E-state index in [1.165, 1.54) is 80.7 Å². The molecule has 0 saturated heterocycles. The number of aromatic nitrogens is 1. The van der Waals surface area contributed by atoms with Crippen LogP contribution in [-0.4, -0.2) is 0 Å². The largest absolute Gasteiger partial charge is 0.202 e. The van der Waals surface area contributed by atoms with Crippen molar-refractivity contribution in [1.29, 1.82) is 0 Å². The van der Waals surface area contributed by atoms with Crippen molar-refractivity contribution in [3.05, 3.63) is 42.2 Å². The van der Waals surface area contributed by atoms with Crippen LogP contribution in [0.5, 0.6) is 0 Å². The van der Waals surface area contributed by atoms with Crippen LogP contribution in [0.1, 0.15) is 76.8 Å². The molecule has 2 rings (SSSR count). The van der Waals surface area contributed by atoms with E-state index in [2.05, 4.69) is 54.9 Å². The molecule has 0 spiro atoms. The van der Waals surface area contributed by atoms with Gasteiger partial charge in [-0.25, -0.2) is 4.57 Å². The maximum Gasteiger partial charge on any atom is 0.178 e. The van der Waals surface area contributed by atoms with Gasteiger partial charge in [0.25, 0.3) is 0 Å². The molecule has 0 atom stereocenters. The normalized spacial score (nSPS) is 11.2. The van der Waals surface area contributed by atoms with Gasteiger partial charge in [-0.3, -0.25) is 0 Å². The van der Waals surface area contributed by atoms with Gasteiger partial charge in [-0.05, 0) is 17.9 Å². The van der Waals surface area contributed by atoms with Crippen LogP contribution < -0.4 is 4.57 Å². The van der Waals surface area contributed by atoms with Crippen LogP contribution in [0.3, 0.4) is 0 Å². The third-order valence-corrected chi connectivity index (χ3v) is 4.86.